The number of halogens is 1. The molecule has 5 nitrogen and oxygen atoms in total. The number of ether oxygens (including phenoxy) is 2. The van der Waals surface area contributed by atoms with E-state index in [-0.39, 0.29) is 6.10 Å². The Morgan fingerprint density at radius 1 is 1.09 bits per heavy atom. The fraction of sp³-hybridized carbons (Fsp3) is 0.500. The fourth-order valence-corrected chi connectivity index (χ4v) is 4.57. The van der Waals surface area contributed by atoms with Gasteiger partial charge < -0.3 is 18.9 Å². The van der Waals surface area contributed by atoms with Crippen LogP contribution in [0.3, 0.4) is 0 Å². The molecule has 0 radical (unpaired) electrons. The van der Waals surface area contributed by atoms with Crippen LogP contribution in [0.1, 0.15) is 45.4 Å². The molecule has 2 heterocycles. The highest BCUT2D eigenvalue weighted by Crippen LogP contribution is 2.29. The zero-order valence-corrected chi connectivity index (χ0v) is 20.1. The van der Waals surface area contributed by atoms with Crippen LogP contribution in [0.5, 0.6) is 11.5 Å². The van der Waals surface area contributed by atoms with E-state index < -0.39 is 0 Å². The SMILES string of the molecule is CC(C)Oc1cccc2c1nc(COc1ccc(Cl)cc1)n2CCCC1CCN(C)CC1. The minimum absolute atomic E-state index is 0.101. The van der Waals surface area contributed by atoms with Gasteiger partial charge in [0, 0.05) is 11.6 Å². The third-order valence-electron chi connectivity index (χ3n) is 6.20. The fourth-order valence-electron chi connectivity index (χ4n) is 4.45. The van der Waals surface area contributed by atoms with E-state index in [2.05, 4.69) is 28.6 Å². The largest absolute Gasteiger partial charge is 0.489 e. The van der Waals surface area contributed by atoms with Gasteiger partial charge in [-0.05, 0) is 102 Å². The van der Waals surface area contributed by atoms with Gasteiger partial charge in [0.1, 0.15) is 29.4 Å². The topological polar surface area (TPSA) is 39.5 Å². The van der Waals surface area contributed by atoms with Crippen LogP contribution in [0, 0.1) is 5.92 Å². The molecule has 2 aromatic carbocycles. The highest BCUT2D eigenvalue weighted by molar-refractivity contribution is 6.30. The molecule has 1 aliphatic heterocycles. The maximum atomic E-state index is 6.06. The van der Waals surface area contributed by atoms with Crippen molar-refractivity contribution in [1.29, 1.82) is 0 Å². The number of benzene rings is 2. The number of rotatable bonds is 9. The normalized spacial score (nSPS) is 15.5. The number of likely N-dealkylation sites (tertiary alicyclic amines) is 1. The summed E-state index contributed by atoms with van der Waals surface area (Å²) in [5.41, 5.74) is 2.02. The quantitative estimate of drug-likeness (QED) is 0.386. The number of hydrogen-bond acceptors (Lipinski definition) is 4. The summed E-state index contributed by atoms with van der Waals surface area (Å²) in [4.78, 5) is 7.39. The van der Waals surface area contributed by atoms with Gasteiger partial charge in [-0.3, -0.25) is 0 Å². The summed E-state index contributed by atoms with van der Waals surface area (Å²) in [5, 5.41) is 0.703. The highest BCUT2D eigenvalue weighted by Gasteiger charge is 2.18. The average Bonchev–Trinajstić information content (AvgIpc) is 3.13. The predicted molar refractivity (Wildman–Crippen MR) is 131 cm³/mol. The lowest BCUT2D eigenvalue weighted by Crippen LogP contribution is -2.30. The minimum atomic E-state index is 0.101. The van der Waals surface area contributed by atoms with Gasteiger partial charge in [0.25, 0.3) is 0 Å². The third kappa shape index (κ3) is 5.76. The second-order valence-electron chi connectivity index (χ2n) is 9.10. The van der Waals surface area contributed by atoms with E-state index in [1.165, 1.54) is 32.4 Å². The molecule has 0 atom stereocenters. The number of aryl methyl sites for hydroxylation is 1. The molecule has 0 spiro atoms. The first-order chi connectivity index (χ1) is 15.5. The molecular weight excluding hydrogens is 422 g/mol. The molecule has 0 N–H and O–H groups in total. The van der Waals surface area contributed by atoms with E-state index in [1.807, 2.05) is 44.2 Å². The summed E-state index contributed by atoms with van der Waals surface area (Å²) >= 11 is 6.01. The number of hydrogen-bond donors (Lipinski definition) is 0. The molecule has 1 fully saturated rings. The van der Waals surface area contributed by atoms with Crippen LogP contribution in [-0.4, -0.2) is 40.7 Å². The van der Waals surface area contributed by atoms with Gasteiger partial charge >= 0.3 is 0 Å². The first-order valence-corrected chi connectivity index (χ1v) is 12.1. The zero-order chi connectivity index (χ0) is 22.5. The molecule has 1 saturated heterocycles. The number of imidazole rings is 1. The number of aromatic nitrogens is 2. The standard InChI is InChI=1S/C26H34ClN3O2/c1-19(2)32-24-8-4-7-23-26(24)28-25(18-31-22-11-9-21(27)10-12-22)30(23)15-5-6-20-13-16-29(3)17-14-20/h4,7-12,19-20H,5-6,13-18H2,1-3H3. The Bertz CT molecular complexity index is 1010. The number of para-hydroxylation sites is 1. The smallest absolute Gasteiger partial charge is 0.148 e. The Labute approximate surface area is 196 Å². The van der Waals surface area contributed by atoms with Crippen molar-refractivity contribution >= 4 is 22.6 Å². The second-order valence-corrected chi connectivity index (χ2v) is 9.54. The molecular formula is C26H34ClN3O2. The first kappa shape index (κ1) is 22.9. The molecule has 0 amide bonds. The summed E-state index contributed by atoms with van der Waals surface area (Å²) < 4.78 is 14.4. The van der Waals surface area contributed by atoms with Gasteiger partial charge in [-0.15, -0.1) is 0 Å². The Morgan fingerprint density at radius 3 is 2.56 bits per heavy atom. The van der Waals surface area contributed by atoms with Crippen molar-refractivity contribution in [3.05, 3.63) is 53.3 Å². The van der Waals surface area contributed by atoms with Crippen LogP contribution in [0.15, 0.2) is 42.5 Å². The Kier molecular flexibility index (Phi) is 7.59. The summed E-state index contributed by atoms with van der Waals surface area (Å²) in [6.45, 7) is 7.87. The molecule has 0 aliphatic carbocycles. The number of piperidine rings is 1. The van der Waals surface area contributed by atoms with Crippen LogP contribution >= 0.6 is 11.6 Å². The van der Waals surface area contributed by atoms with Gasteiger partial charge in [0.2, 0.25) is 0 Å². The van der Waals surface area contributed by atoms with Crippen LogP contribution in [0.2, 0.25) is 5.02 Å². The number of fused-ring (bicyclic) bond motifs is 1. The van der Waals surface area contributed by atoms with Gasteiger partial charge in [0.15, 0.2) is 0 Å². The first-order valence-electron chi connectivity index (χ1n) is 11.7. The summed E-state index contributed by atoms with van der Waals surface area (Å²) in [6.07, 6.45) is 5.11. The van der Waals surface area contributed by atoms with Gasteiger partial charge in [-0.25, -0.2) is 4.98 Å². The lowest BCUT2D eigenvalue weighted by molar-refractivity contribution is 0.208. The summed E-state index contributed by atoms with van der Waals surface area (Å²) in [5.74, 6) is 3.38. The second kappa shape index (κ2) is 10.6. The molecule has 3 aromatic rings. The average molecular weight is 456 g/mol. The maximum Gasteiger partial charge on any atom is 0.148 e. The summed E-state index contributed by atoms with van der Waals surface area (Å²) in [6, 6.07) is 13.7. The van der Waals surface area contributed by atoms with Crippen molar-refractivity contribution in [2.75, 3.05) is 20.1 Å². The molecule has 4 rings (SSSR count). The summed E-state index contributed by atoms with van der Waals surface area (Å²) in [7, 11) is 2.22. The molecule has 1 aliphatic rings. The molecule has 32 heavy (non-hydrogen) atoms. The van der Waals surface area contributed by atoms with E-state index in [0.29, 0.717) is 11.6 Å². The van der Waals surface area contributed by atoms with Crippen molar-refractivity contribution in [3.63, 3.8) is 0 Å². The van der Waals surface area contributed by atoms with E-state index in [0.717, 1.165) is 47.2 Å². The molecule has 0 unspecified atom stereocenters. The van der Waals surface area contributed by atoms with Crippen LogP contribution in [-0.2, 0) is 13.2 Å². The van der Waals surface area contributed by atoms with Crippen LogP contribution < -0.4 is 9.47 Å². The Hall–Kier alpha value is -2.24. The van der Waals surface area contributed by atoms with Gasteiger partial charge in [-0.2, -0.15) is 0 Å². The molecule has 1 aromatic heterocycles. The molecule has 0 saturated carbocycles. The van der Waals surface area contributed by atoms with Crippen LogP contribution in [0.25, 0.3) is 11.0 Å². The molecule has 6 heteroatoms. The van der Waals surface area contributed by atoms with Crippen molar-refractivity contribution in [2.45, 2.75) is 58.8 Å². The Morgan fingerprint density at radius 2 is 1.84 bits per heavy atom. The van der Waals surface area contributed by atoms with E-state index in [1.54, 1.807) is 0 Å². The lowest BCUT2D eigenvalue weighted by Gasteiger charge is -2.29. The molecule has 172 valence electrons. The van der Waals surface area contributed by atoms with E-state index in [4.69, 9.17) is 26.1 Å². The maximum absolute atomic E-state index is 6.06. The van der Waals surface area contributed by atoms with E-state index in [9.17, 15) is 0 Å². The molecule has 0 bridgehead atoms. The predicted octanol–water partition coefficient (Wildman–Crippen LogP) is 6.18. The van der Waals surface area contributed by atoms with E-state index >= 15 is 0 Å². The van der Waals surface area contributed by atoms with Gasteiger partial charge in [0.05, 0.1) is 11.6 Å². The van der Waals surface area contributed by atoms with Crippen molar-refractivity contribution < 1.29 is 9.47 Å². The van der Waals surface area contributed by atoms with Crippen molar-refractivity contribution in [2.24, 2.45) is 5.92 Å². The highest BCUT2D eigenvalue weighted by atomic mass is 35.5. The van der Waals surface area contributed by atoms with Crippen molar-refractivity contribution in [3.8, 4) is 11.5 Å². The monoisotopic (exact) mass is 455 g/mol. The Balaban J connectivity index is 1.53. The van der Waals surface area contributed by atoms with Gasteiger partial charge in [-0.1, -0.05) is 17.7 Å². The number of nitrogens with zero attached hydrogens (tertiary/aromatic N) is 3. The van der Waals surface area contributed by atoms with Crippen molar-refractivity contribution in [1.82, 2.24) is 14.5 Å². The minimum Gasteiger partial charge on any atom is -0.489 e. The zero-order valence-electron chi connectivity index (χ0n) is 19.4. The third-order valence-corrected chi connectivity index (χ3v) is 6.45. The lowest BCUT2D eigenvalue weighted by atomic mass is 9.92. The van der Waals surface area contributed by atoms with Crippen LogP contribution in [0.4, 0.5) is 0 Å².